The summed E-state index contributed by atoms with van der Waals surface area (Å²) in [5.41, 5.74) is 1.31. The molecule has 1 aliphatic rings. The molecule has 1 aromatic heterocycles. The van der Waals surface area contributed by atoms with Crippen LogP contribution in [0, 0.1) is 5.82 Å². The van der Waals surface area contributed by atoms with E-state index < -0.39 is 17.3 Å². The quantitative estimate of drug-likeness (QED) is 0.730. The number of halogens is 1. The molecule has 132 valence electrons. The first-order valence-corrected chi connectivity index (χ1v) is 8.25. The van der Waals surface area contributed by atoms with E-state index in [1.807, 2.05) is 0 Å². The molecule has 2 aromatic carbocycles. The Morgan fingerprint density at radius 3 is 2.77 bits per heavy atom. The molecule has 0 spiro atoms. The molecule has 1 saturated heterocycles. The van der Waals surface area contributed by atoms with Crippen molar-refractivity contribution in [3.63, 3.8) is 0 Å². The van der Waals surface area contributed by atoms with Crippen molar-refractivity contribution < 1.29 is 19.0 Å². The molecule has 0 radical (unpaired) electrons. The number of aromatic nitrogens is 2. The van der Waals surface area contributed by atoms with E-state index in [1.54, 1.807) is 24.4 Å². The van der Waals surface area contributed by atoms with Gasteiger partial charge in [-0.1, -0.05) is 6.07 Å². The molecule has 0 bridgehead atoms. The second kappa shape index (κ2) is 6.68. The van der Waals surface area contributed by atoms with E-state index in [4.69, 9.17) is 4.74 Å². The fraction of sp³-hybridized carbons (Fsp3) is 0.211. The number of phenols is 1. The molecule has 4 rings (SSSR count). The zero-order valence-corrected chi connectivity index (χ0v) is 13.9. The Morgan fingerprint density at radius 1 is 1.15 bits per heavy atom. The van der Waals surface area contributed by atoms with Crippen LogP contribution in [0.4, 0.5) is 10.2 Å². The van der Waals surface area contributed by atoms with Crippen molar-refractivity contribution in [1.82, 2.24) is 9.97 Å². The molecule has 3 aromatic rings. The Labute approximate surface area is 148 Å². The van der Waals surface area contributed by atoms with Crippen LogP contribution in [-0.2, 0) is 4.74 Å². The summed E-state index contributed by atoms with van der Waals surface area (Å²) < 4.78 is 19.4. The number of phenolic OH excluding ortho intramolecular Hbond substituents is 1. The number of nitrogens with zero attached hydrogens (tertiary/aromatic N) is 3. The van der Waals surface area contributed by atoms with E-state index in [0.29, 0.717) is 30.1 Å². The highest BCUT2D eigenvalue weighted by atomic mass is 19.1. The predicted octanol–water partition coefficient (Wildman–Crippen LogP) is 2.54. The van der Waals surface area contributed by atoms with Crippen LogP contribution in [0.1, 0.15) is 15.9 Å². The standard InChI is InChI=1S/C19H16FN3O3/c20-18-13(2-1-3-16(18)24)19(25)12-4-5-14-15(10-12)22-17(11-21-14)23-6-8-26-9-7-23/h1-5,10-11,24H,6-9H2. The van der Waals surface area contributed by atoms with E-state index >= 15 is 0 Å². The Kier molecular flexibility index (Phi) is 4.22. The molecule has 0 aliphatic carbocycles. The third-order valence-electron chi connectivity index (χ3n) is 4.35. The molecule has 0 atom stereocenters. The summed E-state index contributed by atoms with van der Waals surface area (Å²) in [4.78, 5) is 23.7. The average Bonchev–Trinajstić information content (AvgIpc) is 2.69. The van der Waals surface area contributed by atoms with Crippen molar-refractivity contribution in [2.45, 2.75) is 0 Å². The monoisotopic (exact) mass is 353 g/mol. The van der Waals surface area contributed by atoms with E-state index in [-0.39, 0.29) is 11.1 Å². The molecular weight excluding hydrogens is 337 g/mol. The lowest BCUT2D eigenvalue weighted by molar-refractivity contribution is 0.103. The number of rotatable bonds is 3. The van der Waals surface area contributed by atoms with Crippen LogP contribution in [0.2, 0.25) is 0 Å². The van der Waals surface area contributed by atoms with Gasteiger partial charge in [-0.15, -0.1) is 0 Å². The van der Waals surface area contributed by atoms with Crippen LogP contribution >= 0.6 is 0 Å². The van der Waals surface area contributed by atoms with Gasteiger partial charge in [0.2, 0.25) is 0 Å². The summed E-state index contributed by atoms with van der Waals surface area (Å²) in [6, 6.07) is 8.84. The van der Waals surface area contributed by atoms with Crippen LogP contribution in [0.3, 0.4) is 0 Å². The van der Waals surface area contributed by atoms with Crippen LogP contribution < -0.4 is 4.90 Å². The molecule has 1 fully saturated rings. The number of morpholine rings is 1. The van der Waals surface area contributed by atoms with Crippen LogP contribution in [0.25, 0.3) is 11.0 Å². The molecule has 1 aliphatic heterocycles. The smallest absolute Gasteiger partial charge is 0.196 e. The highest BCUT2D eigenvalue weighted by Gasteiger charge is 2.18. The predicted molar refractivity (Wildman–Crippen MR) is 94.1 cm³/mol. The normalized spacial score (nSPS) is 14.6. The number of ether oxygens (including phenoxy) is 1. The molecule has 0 saturated carbocycles. The fourth-order valence-corrected chi connectivity index (χ4v) is 2.94. The summed E-state index contributed by atoms with van der Waals surface area (Å²) >= 11 is 0. The molecule has 0 unspecified atom stereocenters. The van der Waals surface area contributed by atoms with Gasteiger partial charge in [0.15, 0.2) is 17.3 Å². The molecule has 0 amide bonds. The first-order chi connectivity index (χ1) is 12.6. The number of anilines is 1. The maximum Gasteiger partial charge on any atom is 0.196 e. The number of carbonyl (C=O) groups excluding carboxylic acids is 1. The third kappa shape index (κ3) is 2.97. The van der Waals surface area contributed by atoms with Crippen molar-refractivity contribution in [3.8, 4) is 5.75 Å². The summed E-state index contributed by atoms with van der Waals surface area (Å²) in [6.45, 7) is 2.73. The summed E-state index contributed by atoms with van der Waals surface area (Å²) in [7, 11) is 0. The second-order valence-corrected chi connectivity index (χ2v) is 6.00. The van der Waals surface area contributed by atoms with E-state index in [2.05, 4.69) is 14.9 Å². The van der Waals surface area contributed by atoms with Crippen molar-refractivity contribution >= 4 is 22.6 Å². The molecule has 6 nitrogen and oxygen atoms in total. The largest absolute Gasteiger partial charge is 0.505 e. The van der Waals surface area contributed by atoms with Gasteiger partial charge in [0.25, 0.3) is 0 Å². The number of carbonyl (C=O) groups is 1. The first kappa shape index (κ1) is 16.4. The minimum Gasteiger partial charge on any atom is -0.505 e. The highest BCUT2D eigenvalue weighted by Crippen LogP contribution is 2.23. The van der Waals surface area contributed by atoms with Gasteiger partial charge in [-0.25, -0.2) is 9.37 Å². The van der Waals surface area contributed by atoms with Crippen LogP contribution in [0.5, 0.6) is 5.75 Å². The molecule has 7 heteroatoms. The molecule has 1 N–H and O–H groups in total. The lowest BCUT2D eigenvalue weighted by atomic mass is 10.0. The number of ketones is 1. The van der Waals surface area contributed by atoms with Crippen molar-refractivity contribution in [2.24, 2.45) is 0 Å². The zero-order chi connectivity index (χ0) is 18.1. The Bertz CT molecular complexity index is 987. The van der Waals surface area contributed by atoms with Crippen molar-refractivity contribution in [3.05, 3.63) is 59.5 Å². The Morgan fingerprint density at radius 2 is 1.96 bits per heavy atom. The number of hydrogen-bond donors (Lipinski definition) is 1. The minimum absolute atomic E-state index is 0.179. The summed E-state index contributed by atoms with van der Waals surface area (Å²) in [6.07, 6.45) is 1.70. The van der Waals surface area contributed by atoms with E-state index in [1.165, 1.54) is 18.2 Å². The van der Waals surface area contributed by atoms with Gasteiger partial charge < -0.3 is 14.7 Å². The third-order valence-corrected chi connectivity index (χ3v) is 4.35. The zero-order valence-electron chi connectivity index (χ0n) is 13.9. The van der Waals surface area contributed by atoms with Crippen LogP contribution in [0.15, 0.2) is 42.6 Å². The van der Waals surface area contributed by atoms with E-state index in [0.717, 1.165) is 13.1 Å². The average molecular weight is 353 g/mol. The molecule has 2 heterocycles. The summed E-state index contributed by atoms with van der Waals surface area (Å²) in [5.74, 6) is -1.27. The minimum atomic E-state index is -0.925. The Hall–Kier alpha value is -3.06. The lowest BCUT2D eigenvalue weighted by Gasteiger charge is -2.27. The van der Waals surface area contributed by atoms with Crippen LogP contribution in [-0.4, -0.2) is 47.2 Å². The van der Waals surface area contributed by atoms with E-state index in [9.17, 15) is 14.3 Å². The highest BCUT2D eigenvalue weighted by molar-refractivity contribution is 6.10. The maximum atomic E-state index is 14.0. The second-order valence-electron chi connectivity index (χ2n) is 6.00. The van der Waals surface area contributed by atoms with Gasteiger partial charge >= 0.3 is 0 Å². The fourth-order valence-electron chi connectivity index (χ4n) is 2.94. The maximum absolute atomic E-state index is 14.0. The van der Waals surface area contributed by atoms with Gasteiger partial charge in [0.1, 0.15) is 5.82 Å². The number of hydrogen-bond acceptors (Lipinski definition) is 6. The number of aromatic hydroxyl groups is 1. The SMILES string of the molecule is O=C(c1ccc2ncc(N3CCOCC3)nc2c1)c1cccc(O)c1F. The first-order valence-electron chi connectivity index (χ1n) is 8.25. The van der Waals surface area contributed by atoms with Crippen molar-refractivity contribution in [1.29, 1.82) is 0 Å². The molecular formula is C19H16FN3O3. The molecule has 26 heavy (non-hydrogen) atoms. The topological polar surface area (TPSA) is 75.6 Å². The Balaban J connectivity index is 1.71. The van der Waals surface area contributed by atoms with Gasteiger partial charge in [0.05, 0.1) is 36.0 Å². The number of benzene rings is 2. The van der Waals surface area contributed by atoms with Gasteiger partial charge in [-0.3, -0.25) is 9.78 Å². The van der Waals surface area contributed by atoms with Gasteiger partial charge in [-0.2, -0.15) is 0 Å². The van der Waals surface area contributed by atoms with Gasteiger partial charge in [0, 0.05) is 18.7 Å². The summed E-state index contributed by atoms with van der Waals surface area (Å²) in [5, 5.41) is 9.48. The number of fused-ring (bicyclic) bond motifs is 1. The van der Waals surface area contributed by atoms with Crippen molar-refractivity contribution in [2.75, 3.05) is 31.2 Å². The van der Waals surface area contributed by atoms with Gasteiger partial charge in [-0.05, 0) is 30.3 Å². The lowest BCUT2D eigenvalue weighted by Crippen LogP contribution is -2.36.